The zero-order chi connectivity index (χ0) is 18.9. The van der Waals surface area contributed by atoms with Crippen LogP contribution < -0.4 is 5.32 Å². The van der Waals surface area contributed by atoms with Crippen LogP contribution in [0.2, 0.25) is 0 Å². The lowest BCUT2D eigenvalue weighted by Gasteiger charge is -2.32. The van der Waals surface area contributed by atoms with Gasteiger partial charge in [-0.1, -0.05) is 5.16 Å². The van der Waals surface area contributed by atoms with Gasteiger partial charge in [-0.2, -0.15) is 13.2 Å². The molecule has 142 valence electrons. The largest absolute Gasteiger partial charge is 0.452 e. The zero-order valence-electron chi connectivity index (χ0n) is 14.5. The van der Waals surface area contributed by atoms with E-state index in [2.05, 4.69) is 15.0 Å². The summed E-state index contributed by atoms with van der Waals surface area (Å²) in [7, 11) is 1.89. The Kier molecular flexibility index (Phi) is 5.38. The second-order valence-corrected chi connectivity index (χ2v) is 7.55. The summed E-state index contributed by atoms with van der Waals surface area (Å²) in [5.41, 5.74) is 0.0680. The average Bonchev–Trinajstić information content (AvgIpc) is 3.20. The minimum Gasteiger partial charge on any atom is -0.351 e. The van der Waals surface area contributed by atoms with Crippen LogP contribution in [0.1, 0.15) is 33.8 Å². The summed E-state index contributed by atoms with van der Waals surface area (Å²) >= 11 is 1.14. The number of hydrogen-bond donors (Lipinski definition) is 1. The highest BCUT2D eigenvalue weighted by atomic mass is 32.1. The Labute approximate surface area is 153 Å². The highest BCUT2D eigenvalue weighted by Gasteiger charge is 2.39. The quantitative estimate of drug-likeness (QED) is 0.867. The van der Waals surface area contributed by atoms with Crippen molar-refractivity contribution in [3.63, 3.8) is 0 Å². The summed E-state index contributed by atoms with van der Waals surface area (Å²) in [6.45, 7) is 3.57. The number of amides is 1. The fourth-order valence-corrected chi connectivity index (χ4v) is 4.28. The molecule has 2 aromatic heterocycles. The van der Waals surface area contributed by atoms with E-state index in [4.69, 9.17) is 0 Å². The molecule has 0 spiro atoms. The van der Waals surface area contributed by atoms with Crippen molar-refractivity contribution in [2.24, 2.45) is 5.92 Å². The lowest BCUT2D eigenvalue weighted by Crippen LogP contribution is -2.42. The Hall–Kier alpha value is -1.87. The number of alkyl halides is 3. The van der Waals surface area contributed by atoms with Crippen LogP contribution in [0, 0.1) is 12.8 Å². The predicted molar refractivity (Wildman–Crippen MR) is 92.1 cm³/mol. The summed E-state index contributed by atoms with van der Waals surface area (Å²) in [6, 6.07) is 3.27. The number of piperidine rings is 1. The normalized spacial score (nSPS) is 18.3. The molecule has 1 aliphatic rings. The molecule has 0 aromatic carbocycles. The maximum Gasteiger partial charge on any atom is 0.452 e. The topological polar surface area (TPSA) is 58.4 Å². The molecule has 5 nitrogen and oxygen atoms in total. The molecule has 3 heterocycles. The van der Waals surface area contributed by atoms with Crippen LogP contribution in [-0.4, -0.2) is 42.6 Å². The molecule has 0 saturated carbocycles. The first kappa shape index (κ1) is 18.9. The summed E-state index contributed by atoms with van der Waals surface area (Å²) in [4.78, 5) is 15.5. The highest BCUT2D eigenvalue weighted by molar-refractivity contribution is 7.17. The van der Waals surface area contributed by atoms with Crippen LogP contribution in [-0.2, 0) is 6.18 Å². The minimum atomic E-state index is -4.58. The Bertz CT molecular complexity index is 783. The van der Waals surface area contributed by atoms with Gasteiger partial charge in [0.1, 0.15) is 5.69 Å². The molecule has 0 unspecified atom stereocenters. The Balaban J connectivity index is 1.78. The highest BCUT2D eigenvalue weighted by Crippen LogP contribution is 2.38. The van der Waals surface area contributed by atoms with Crippen LogP contribution in [0.25, 0.3) is 10.6 Å². The number of likely N-dealkylation sites (tertiary alicyclic amines) is 1. The van der Waals surface area contributed by atoms with Crippen molar-refractivity contribution in [3.8, 4) is 10.6 Å². The van der Waals surface area contributed by atoms with Crippen molar-refractivity contribution in [2.45, 2.75) is 25.9 Å². The molecule has 0 radical (unpaired) electrons. The van der Waals surface area contributed by atoms with Crippen LogP contribution in [0.3, 0.4) is 0 Å². The fourth-order valence-electron chi connectivity index (χ4n) is 3.27. The summed E-state index contributed by atoms with van der Waals surface area (Å²) in [6.07, 6.45) is -2.55. The Morgan fingerprint density at radius 2 is 2.23 bits per heavy atom. The van der Waals surface area contributed by atoms with Gasteiger partial charge < -0.3 is 14.7 Å². The zero-order valence-corrected chi connectivity index (χ0v) is 15.3. The first-order valence-corrected chi connectivity index (χ1v) is 9.20. The van der Waals surface area contributed by atoms with E-state index in [1.54, 1.807) is 12.1 Å². The third kappa shape index (κ3) is 3.78. The maximum atomic E-state index is 12.9. The molecule has 3 rings (SSSR count). The molecule has 1 fully saturated rings. The molecule has 1 amide bonds. The maximum absolute atomic E-state index is 12.9. The first-order chi connectivity index (χ1) is 12.3. The molecule has 1 atom stereocenters. The molecule has 0 bridgehead atoms. The minimum absolute atomic E-state index is 0.0644. The van der Waals surface area contributed by atoms with E-state index < -0.39 is 11.9 Å². The summed E-state index contributed by atoms with van der Waals surface area (Å²) in [5.74, 6) is -0.761. The van der Waals surface area contributed by atoms with E-state index in [9.17, 15) is 18.0 Å². The van der Waals surface area contributed by atoms with Gasteiger partial charge in [0.2, 0.25) is 5.76 Å². The number of halogens is 3. The van der Waals surface area contributed by atoms with Crippen molar-refractivity contribution in [1.82, 2.24) is 15.4 Å². The predicted octanol–water partition coefficient (Wildman–Crippen LogP) is 3.80. The van der Waals surface area contributed by atoms with Crippen LogP contribution in [0.5, 0.6) is 0 Å². The third-order valence-corrected chi connectivity index (χ3v) is 5.61. The molecule has 0 aliphatic carbocycles. The van der Waals surface area contributed by atoms with Gasteiger partial charge in [-0.3, -0.25) is 4.79 Å². The number of nitrogens with one attached hydrogen (secondary N) is 1. The summed E-state index contributed by atoms with van der Waals surface area (Å²) < 4.78 is 43.0. The summed E-state index contributed by atoms with van der Waals surface area (Å²) in [5, 5.41) is 6.69. The van der Waals surface area contributed by atoms with Gasteiger partial charge in [0.25, 0.3) is 5.91 Å². The van der Waals surface area contributed by atoms with Crippen LogP contribution in [0.15, 0.2) is 16.7 Å². The Morgan fingerprint density at radius 1 is 1.46 bits per heavy atom. The third-order valence-electron chi connectivity index (χ3n) is 4.53. The first-order valence-electron chi connectivity index (χ1n) is 8.38. The van der Waals surface area contributed by atoms with E-state index in [1.165, 1.54) is 6.92 Å². The van der Waals surface area contributed by atoms with Gasteiger partial charge in [0.05, 0.1) is 9.75 Å². The number of nitrogens with zero attached hydrogens (tertiary/aromatic N) is 2. The van der Waals surface area contributed by atoms with Crippen molar-refractivity contribution in [1.29, 1.82) is 0 Å². The van der Waals surface area contributed by atoms with Gasteiger partial charge in [0.15, 0.2) is 0 Å². The van der Waals surface area contributed by atoms with E-state index in [0.717, 1.165) is 30.7 Å². The second kappa shape index (κ2) is 7.40. The standard InChI is InChI=1S/C17H20F3N3O2S/c1-10-14(22-25-15(10)17(18,19)20)12-5-6-13(26-12)16(24)23-7-3-4-11(9-23)8-21-2/h5-6,11,21H,3-4,7-9H2,1-2H3/t11-/m0/s1. The molecular weight excluding hydrogens is 367 g/mol. The average molecular weight is 387 g/mol. The molecule has 1 saturated heterocycles. The molecule has 1 N–H and O–H groups in total. The van der Waals surface area contributed by atoms with Crippen LogP contribution >= 0.6 is 11.3 Å². The van der Waals surface area contributed by atoms with Crippen molar-refractivity contribution < 1.29 is 22.5 Å². The SMILES string of the molecule is CNC[C@@H]1CCCN(C(=O)c2ccc(-c3noc(C(F)(F)F)c3C)s2)C1. The van der Waals surface area contributed by atoms with Crippen molar-refractivity contribution >= 4 is 17.2 Å². The second-order valence-electron chi connectivity index (χ2n) is 6.46. The lowest BCUT2D eigenvalue weighted by atomic mass is 9.98. The monoisotopic (exact) mass is 387 g/mol. The smallest absolute Gasteiger partial charge is 0.351 e. The van der Waals surface area contributed by atoms with E-state index >= 15 is 0 Å². The number of carbonyl (C=O) groups is 1. The van der Waals surface area contributed by atoms with E-state index in [1.807, 2.05) is 11.9 Å². The van der Waals surface area contributed by atoms with Gasteiger partial charge in [-0.05, 0) is 51.4 Å². The molecule has 26 heavy (non-hydrogen) atoms. The number of carbonyl (C=O) groups excluding carboxylic acids is 1. The van der Waals surface area contributed by atoms with Gasteiger partial charge in [-0.25, -0.2) is 0 Å². The van der Waals surface area contributed by atoms with E-state index in [-0.39, 0.29) is 17.2 Å². The molecule has 9 heteroatoms. The molecule has 1 aliphatic heterocycles. The Morgan fingerprint density at radius 3 is 2.88 bits per heavy atom. The van der Waals surface area contributed by atoms with Gasteiger partial charge >= 0.3 is 6.18 Å². The number of aromatic nitrogens is 1. The fraction of sp³-hybridized carbons (Fsp3) is 0.529. The molecular formula is C17H20F3N3O2S. The van der Waals surface area contributed by atoms with Gasteiger partial charge in [-0.15, -0.1) is 11.3 Å². The lowest BCUT2D eigenvalue weighted by molar-refractivity contribution is -0.156. The number of thiophene rings is 1. The van der Waals surface area contributed by atoms with Crippen molar-refractivity contribution in [3.05, 3.63) is 28.3 Å². The number of rotatable bonds is 4. The molecule has 2 aromatic rings. The van der Waals surface area contributed by atoms with E-state index in [0.29, 0.717) is 28.8 Å². The van der Waals surface area contributed by atoms with Crippen LogP contribution in [0.4, 0.5) is 13.2 Å². The van der Waals surface area contributed by atoms with Crippen molar-refractivity contribution in [2.75, 3.05) is 26.7 Å². The number of hydrogen-bond acceptors (Lipinski definition) is 5. The van der Waals surface area contributed by atoms with Gasteiger partial charge in [0, 0.05) is 18.7 Å².